The van der Waals surface area contributed by atoms with Crippen LogP contribution in [0.1, 0.15) is 6.92 Å². The van der Waals surface area contributed by atoms with Crippen molar-refractivity contribution in [2.75, 3.05) is 12.0 Å². The van der Waals surface area contributed by atoms with Gasteiger partial charge in [-0.2, -0.15) is 0 Å². The fraction of sp³-hybridized carbons (Fsp3) is 0.182. The second-order valence-electron chi connectivity index (χ2n) is 3.08. The Hall–Kier alpha value is -1.77. The smallest absolute Gasteiger partial charge is 0.269 e. The first-order valence-electron chi connectivity index (χ1n) is 4.67. The Morgan fingerprint density at radius 2 is 2.00 bits per heavy atom. The number of benzene rings is 1. The molecule has 0 atom stereocenters. The van der Waals surface area contributed by atoms with Crippen LogP contribution in [0.5, 0.6) is 0 Å². The van der Waals surface area contributed by atoms with E-state index in [0.29, 0.717) is 0 Å². The molecule has 0 saturated carbocycles. The van der Waals surface area contributed by atoms with Gasteiger partial charge in [-0.25, -0.2) is 4.68 Å². The largest absolute Gasteiger partial charge is 0.323 e. The van der Waals surface area contributed by atoms with Crippen molar-refractivity contribution in [2.45, 2.75) is 6.92 Å². The van der Waals surface area contributed by atoms with Crippen LogP contribution < -0.4 is 11.0 Å². The van der Waals surface area contributed by atoms with E-state index >= 15 is 0 Å². The molecule has 1 heterocycles. The molecule has 14 heavy (non-hydrogen) atoms. The van der Waals surface area contributed by atoms with E-state index in [0.717, 1.165) is 17.4 Å². The summed E-state index contributed by atoms with van der Waals surface area (Å²) in [7, 11) is 0. The first kappa shape index (κ1) is 8.81. The lowest BCUT2D eigenvalue weighted by Crippen LogP contribution is -2.28. The molecule has 72 valence electrons. The van der Waals surface area contributed by atoms with Crippen molar-refractivity contribution in [1.29, 1.82) is 0 Å². The number of fused-ring (bicyclic) bond motifs is 1. The van der Waals surface area contributed by atoms with Gasteiger partial charge in [0.25, 0.3) is 5.56 Å². The van der Waals surface area contributed by atoms with Crippen molar-refractivity contribution in [2.24, 2.45) is 0 Å². The predicted octanol–water partition coefficient (Wildman–Crippen LogP) is 1.56. The molecular weight excluding hydrogens is 176 g/mol. The zero-order chi connectivity index (χ0) is 9.97. The zero-order valence-corrected chi connectivity index (χ0v) is 8.03. The molecule has 2 rings (SSSR count). The number of rotatable bonds is 2. The molecule has 0 aliphatic heterocycles. The maximum atomic E-state index is 11.5. The Morgan fingerprint density at radius 3 is 2.79 bits per heavy atom. The standard InChI is InChI=1S/C11H12N2O/c1-2-12-13-10-6-4-3-5-9(10)7-8-11(13)14/h3-8,12H,2H2,1H3. The van der Waals surface area contributed by atoms with E-state index in [9.17, 15) is 4.79 Å². The van der Waals surface area contributed by atoms with Crippen molar-refractivity contribution in [3.05, 3.63) is 46.8 Å². The molecule has 0 bridgehead atoms. The average molecular weight is 188 g/mol. The van der Waals surface area contributed by atoms with Crippen molar-refractivity contribution < 1.29 is 0 Å². The van der Waals surface area contributed by atoms with Gasteiger partial charge in [-0.15, -0.1) is 0 Å². The second-order valence-corrected chi connectivity index (χ2v) is 3.08. The Balaban J connectivity index is 2.76. The van der Waals surface area contributed by atoms with Gasteiger partial charge in [0.2, 0.25) is 0 Å². The molecule has 0 unspecified atom stereocenters. The van der Waals surface area contributed by atoms with Crippen LogP contribution in [-0.2, 0) is 0 Å². The molecular formula is C11H12N2O. The molecule has 1 N–H and O–H groups in total. The highest BCUT2D eigenvalue weighted by Crippen LogP contribution is 2.09. The van der Waals surface area contributed by atoms with Gasteiger partial charge in [0.05, 0.1) is 5.52 Å². The van der Waals surface area contributed by atoms with E-state index < -0.39 is 0 Å². The fourth-order valence-corrected chi connectivity index (χ4v) is 1.51. The number of pyridine rings is 1. The van der Waals surface area contributed by atoms with E-state index in [2.05, 4.69) is 5.43 Å². The van der Waals surface area contributed by atoms with Crippen molar-refractivity contribution in [1.82, 2.24) is 4.68 Å². The first-order valence-corrected chi connectivity index (χ1v) is 4.67. The zero-order valence-electron chi connectivity index (χ0n) is 8.03. The van der Waals surface area contributed by atoms with E-state index in [-0.39, 0.29) is 5.56 Å². The second kappa shape index (κ2) is 3.54. The molecule has 0 amide bonds. The summed E-state index contributed by atoms with van der Waals surface area (Å²) in [6.07, 6.45) is 0. The summed E-state index contributed by atoms with van der Waals surface area (Å²) in [5.74, 6) is 0. The number of para-hydroxylation sites is 1. The molecule has 0 aliphatic rings. The number of hydrogen-bond donors (Lipinski definition) is 1. The molecule has 1 aromatic heterocycles. The van der Waals surface area contributed by atoms with Gasteiger partial charge in [-0.3, -0.25) is 4.79 Å². The molecule has 0 fully saturated rings. The summed E-state index contributed by atoms with van der Waals surface area (Å²) in [6, 6.07) is 11.2. The molecule has 0 aliphatic carbocycles. The van der Waals surface area contributed by atoms with Crippen LogP contribution in [-0.4, -0.2) is 11.2 Å². The summed E-state index contributed by atoms with van der Waals surface area (Å²) >= 11 is 0. The SMILES string of the molecule is CCNn1c(=O)ccc2ccccc21. The van der Waals surface area contributed by atoms with Gasteiger partial charge < -0.3 is 5.43 Å². The van der Waals surface area contributed by atoms with Gasteiger partial charge in [0, 0.05) is 18.0 Å². The van der Waals surface area contributed by atoms with Crippen LogP contribution in [0.4, 0.5) is 0 Å². The maximum absolute atomic E-state index is 11.5. The highest BCUT2D eigenvalue weighted by Gasteiger charge is 1.99. The van der Waals surface area contributed by atoms with Gasteiger partial charge in [-0.05, 0) is 19.1 Å². The third-order valence-electron chi connectivity index (χ3n) is 2.12. The van der Waals surface area contributed by atoms with E-state index in [1.165, 1.54) is 0 Å². The third kappa shape index (κ3) is 1.37. The summed E-state index contributed by atoms with van der Waals surface area (Å²) in [4.78, 5) is 11.5. The highest BCUT2D eigenvalue weighted by molar-refractivity contribution is 5.78. The lowest BCUT2D eigenvalue weighted by Gasteiger charge is -2.10. The maximum Gasteiger partial charge on any atom is 0.269 e. The van der Waals surface area contributed by atoms with Crippen molar-refractivity contribution >= 4 is 10.9 Å². The quantitative estimate of drug-likeness (QED) is 0.776. The Morgan fingerprint density at radius 1 is 1.21 bits per heavy atom. The minimum Gasteiger partial charge on any atom is -0.323 e. The predicted molar refractivity (Wildman–Crippen MR) is 58.1 cm³/mol. The summed E-state index contributed by atoms with van der Waals surface area (Å²) in [5.41, 5.74) is 3.92. The minimum absolute atomic E-state index is 0.0226. The number of nitrogens with zero attached hydrogens (tertiary/aromatic N) is 1. The lowest BCUT2D eigenvalue weighted by molar-refractivity contribution is 0.858. The van der Waals surface area contributed by atoms with Crippen LogP contribution in [0, 0.1) is 0 Å². The van der Waals surface area contributed by atoms with Crippen LogP contribution in [0.15, 0.2) is 41.2 Å². The summed E-state index contributed by atoms with van der Waals surface area (Å²) in [5, 5.41) is 1.06. The molecule has 0 radical (unpaired) electrons. The lowest BCUT2D eigenvalue weighted by atomic mass is 10.2. The number of hydrogen-bond acceptors (Lipinski definition) is 2. The average Bonchev–Trinajstić information content (AvgIpc) is 2.23. The number of nitrogens with one attached hydrogen (secondary N) is 1. The Kier molecular flexibility index (Phi) is 2.23. The molecule has 3 nitrogen and oxygen atoms in total. The van der Waals surface area contributed by atoms with E-state index in [1.54, 1.807) is 10.7 Å². The topological polar surface area (TPSA) is 34.0 Å². The van der Waals surface area contributed by atoms with Gasteiger partial charge in [0.1, 0.15) is 0 Å². The minimum atomic E-state index is -0.0226. The van der Waals surface area contributed by atoms with E-state index in [4.69, 9.17) is 0 Å². The monoisotopic (exact) mass is 188 g/mol. The fourth-order valence-electron chi connectivity index (χ4n) is 1.51. The van der Waals surface area contributed by atoms with Crippen molar-refractivity contribution in [3.8, 4) is 0 Å². The highest BCUT2D eigenvalue weighted by atomic mass is 16.1. The van der Waals surface area contributed by atoms with Crippen LogP contribution in [0.3, 0.4) is 0 Å². The van der Waals surface area contributed by atoms with Gasteiger partial charge in [0.15, 0.2) is 0 Å². The normalized spacial score (nSPS) is 10.4. The van der Waals surface area contributed by atoms with Crippen LogP contribution >= 0.6 is 0 Å². The van der Waals surface area contributed by atoms with Gasteiger partial charge in [-0.1, -0.05) is 18.2 Å². The van der Waals surface area contributed by atoms with Crippen LogP contribution in [0.25, 0.3) is 10.9 Å². The van der Waals surface area contributed by atoms with Crippen LogP contribution in [0.2, 0.25) is 0 Å². The van der Waals surface area contributed by atoms with Crippen molar-refractivity contribution in [3.63, 3.8) is 0 Å². The molecule has 3 heteroatoms. The molecule has 0 spiro atoms. The molecule has 1 aromatic carbocycles. The first-order chi connectivity index (χ1) is 6.83. The molecule has 2 aromatic rings. The Bertz CT molecular complexity index is 502. The summed E-state index contributed by atoms with van der Waals surface area (Å²) < 4.78 is 1.58. The number of aromatic nitrogens is 1. The van der Waals surface area contributed by atoms with E-state index in [1.807, 2.05) is 37.3 Å². The Labute approximate surface area is 82.0 Å². The third-order valence-corrected chi connectivity index (χ3v) is 2.12. The summed E-state index contributed by atoms with van der Waals surface area (Å²) in [6.45, 7) is 2.70. The van der Waals surface area contributed by atoms with Gasteiger partial charge >= 0.3 is 0 Å². The molecule has 0 saturated heterocycles.